The maximum absolute atomic E-state index is 11.0. The number of carbonyl (C=O) groups is 1. The molecule has 0 radical (unpaired) electrons. The molecule has 2 nitrogen and oxygen atoms in total. The van der Waals surface area contributed by atoms with Gasteiger partial charge in [-0.2, -0.15) is 0 Å². The highest BCUT2D eigenvalue weighted by molar-refractivity contribution is 5.92. The van der Waals surface area contributed by atoms with Gasteiger partial charge in [0.15, 0.2) is 5.78 Å². The first kappa shape index (κ1) is 9.66. The van der Waals surface area contributed by atoms with E-state index < -0.39 is 0 Å². The second kappa shape index (κ2) is 4.09. The number of allylic oxidation sites excluding steroid dienone is 3. The summed E-state index contributed by atoms with van der Waals surface area (Å²) in [6.45, 7) is 0. The van der Waals surface area contributed by atoms with E-state index >= 15 is 0 Å². The Bertz CT molecular complexity index is 291. The van der Waals surface area contributed by atoms with Crippen LogP contribution < -0.4 is 5.73 Å². The number of carbonyl (C=O) groups excluding carboxylic acids is 1. The fraction of sp³-hybridized carbons (Fsp3) is 0.583. The Balaban J connectivity index is 2.07. The van der Waals surface area contributed by atoms with E-state index in [1.54, 1.807) is 6.08 Å². The predicted molar refractivity (Wildman–Crippen MR) is 56.8 cm³/mol. The molecule has 0 aromatic rings. The van der Waals surface area contributed by atoms with Crippen LogP contribution in [0.15, 0.2) is 23.8 Å². The Hall–Kier alpha value is -0.890. The number of hydrogen-bond donors (Lipinski definition) is 1. The molecule has 0 amide bonds. The summed E-state index contributed by atoms with van der Waals surface area (Å²) >= 11 is 0. The molecule has 14 heavy (non-hydrogen) atoms. The molecular weight excluding hydrogens is 174 g/mol. The highest BCUT2D eigenvalue weighted by Gasteiger charge is 2.24. The zero-order valence-electron chi connectivity index (χ0n) is 8.41. The lowest BCUT2D eigenvalue weighted by Crippen LogP contribution is -2.34. The molecule has 2 aliphatic carbocycles. The van der Waals surface area contributed by atoms with E-state index in [4.69, 9.17) is 5.73 Å². The van der Waals surface area contributed by atoms with Crippen LogP contribution in [0.2, 0.25) is 0 Å². The van der Waals surface area contributed by atoms with Crippen LogP contribution >= 0.6 is 0 Å². The summed E-state index contributed by atoms with van der Waals surface area (Å²) in [5.41, 5.74) is 7.37. The van der Waals surface area contributed by atoms with Crippen LogP contribution in [0, 0.1) is 5.92 Å². The summed E-state index contributed by atoms with van der Waals surface area (Å²) in [4.78, 5) is 11.0. The highest BCUT2D eigenvalue weighted by atomic mass is 16.1. The molecule has 2 aliphatic rings. The van der Waals surface area contributed by atoms with E-state index in [9.17, 15) is 4.79 Å². The Morgan fingerprint density at radius 3 is 2.64 bits per heavy atom. The third kappa shape index (κ3) is 1.95. The van der Waals surface area contributed by atoms with E-state index in [2.05, 4.69) is 6.08 Å². The van der Waals surface area contributed by atoms with Crippen LogP contribution in [-0.4, -0.2) is 11.8 Å². The fourth-order valence-corrected chi connectivity index (χ4v) is 2.39. The van der Waals surface area contributed by atoms with E-state index in [1.165, 1.54) is 24.8 Å². The van der Waals surface area contributed by atoms with Crippen molar-refractivity contribution >= 4 is 5.78 Å². The average molecular weight is 191 g/mol. The molecule has 0 bridgehead atoms. The molecule has 1 fully saturated rings. The molecule has 0 aliphatic heterocycles. The quantitative estimate of drug-likeness (QED) is 0.688. The van der Waals surface area contributed by atoms with E-state index in [1.807, 2.05) is 6.08 Å². The molecule has 0 saturated heterocycles. The van der Waals surface area contributed by atoms with Gasteiger partial charge in [-0.25, -0.2) is 0 Å². The lowest BCUT2D eigenvalue weighted by Gasteiger charge is -2.30. The van der Waals surface area contributed by atoms with Crippen LogP contribution in [0.3, 0.4) is 0 Å². The van der Waals surface area contributed by atoms with Crippen LogP contribution in [0.4, 0.5) is 0 Å². The Morgan fingerprint density at radius 2 is 2.00 bits per heavy atom. The van der Waals surface area contributed by atoms with Crippen molar-refractivity contribution in [1.82, 2.24) is 0 Å². The monoisotopic (exact) mass is 191 g/mol. The molecular formula is C12H17NO. The number of rotatable bonds is 1. The van der Waals surface area contributed by atoms with E-state index in [0.717, 1.165) is 6.42 Å². The summed E-state index contributed by atoms with van der Waals surface area (Å²) in [7, 11) is 0. The summed E-state index contributed by atoms with van der Waals surface area (Å²) in [5.74, 6) is 0.700. The largest absolute Gasteiger partial charge is 0.327 e. The second-order valence-corrected chi connectivity index (χ2v) is 4.26. The van der Waals surface area contributed by atoms with Gasteiger partial charge in [-0.1, -0.05) is 25.0 Å². The zero-order valence-corrected chi connectivity index (χ0v) is 8.41. The molecule has 2 rings (SSSR count). The van der Waals surface area contributed by atoms with Gasteiger partial charge in [-0.3, -0.25) is 4.79 Å². The van der Waals surface area contributed by atoms with E-state index in [-0.39, 0.29) is 5.78 Å². The molecule has 2 unspecified atom stereocenters. The molecule has 0 heterocycles. The summed E-state index contributed by atoms with van der Waals surface area (Å²) in [6, 6.07) is 0.299. The Morgan fingerprint density at radius 1 is 1.21 bits per heavy atom. The minimum atomic E-state index is 0.207. The van der Waals surface area contributed by atoms with Crippen LogP contribution in [0.5, 0.6) is 0 Å². The van der Waals surface area contributed by atoms with Gasteiger partial charge in [0, 0.05) is 12.5 Å². The molecule has 2 heteroatoms. The first-order valence-electron chi connectivity index (χ1n) is 5.44. The Labute approximate surface area is 84.9 Å². The summed E-state index contributed by atoms with van der Waals surface area (Å²) < 4.78 is 0. The fourth-order valence-electron chi connectivity index (χ4n) is 2.39. The van der Waals surface area contributed by atoms with E-state index in [0.29, 0.717) is 18.4 Å². The standard InChI is InChI=1S/C12H17NO/c13-12-4-2-1-3-11(12)9-5-7-10(14)8-6-9/h5-7,11-12H,1-4,8,13H2. The van der Waals surface area contributed by atoms with Crippen molar-refractivity contribution in [2.45, 2.75) is 38.1 Å². The number of hydrogen-bond acceptors (Lipinski definition) is 2. The van der Waals surface area contributed by atoms with Crippen LogP contribution in [0.25, 0.3) is 0 Å². The van der Waals surface area contributed by atoms with Crippen molar-refractivity contribution in [3.8, 4) is 0 Å². The molecule has 1 saturated carbocycles. The molecule has 2 N–H and O–H groups in total. The first-order chi connectivity index (χ1) is 6.77. The smallest absolute Gasteiger partial charge is 0.159 e. The van der Waals surface area contributed by atoms with Gasteiger partial charge in [0.1, 0.15) is 0 Å². The maximum Gasteiger partial charge on any atom is 0.159 e. The lowest BCUT2D eigenvalue weighted by atomic mass is 9.78. The molecule has 0 aromatic heterocycles. The van der Waals surface area contributed by atoms with Gasteiger partial charge in [-0.05, 0) is 30.4 Å². The zero-order chi connectivity index (χ0) is 9.97. The minimum Gasteiger partial charge on any atom is -0.327 e. The normalized spacial score (nSPS) is 32.9. The average Bonchev–Trinajstić information content (AvgIpc) is 2.20. The topological polar surface area (TPSA) is 43.1 Å². The third-order valence-corrected chi connectivity index (χ3v) is 3.25. The summed E-state index contributed by atoms with van der Waals surface area (Å²) in [5, 5.41) is 0. The van der Waals surface area contributed by atoms with Gasteiger partial charge in [0.25, 0.3) is 0 Å². The van der Waals surface area contributed by atoms with Gasteiger partial charge in [0.2, 0.25) is 0 Å². The first-order valence-corrected chi connectivity index (χ1v) is 5.44. The van der Waals surface area contributed by atoms with Crippen molar-refractivity contribution in [2.24, 2.45) is 11.7 Å². The van der Waals surface area contributed by atoms with Crippen molar-refractivity contribution in [2.75, 3.05) is 0 Å². The van der Waals surface area contributed by atoms with Gasteiger partial charge >= 0.3 is 0 Å². The Kier molecular flexibility index (Phi) is 2.82. The lowest BCUT2D eigenvalue weighted by molar-refractivity contribution is -0.113. The van der Waals surface area contributed by atoms with Gasteiger partial charge in [0.05, 0.1) is 0 Å². The SMILES string of the molecule is NC1CCCCC1C1=CCC(=O)C=C1. The van der Waals surface area contributed by atoms with Crippen molar-refractivity contribution in [1.29, 1.82) is 0 Å². The van der Waals surface area contributed by atoms with Crippen molar-refractivity contribution in [3.05, 3.63) is 23.8 Å². The molecule has 0 aromatic carbocycles. The minimum absolute atomic E-state index is 0.207. The van der Waals surface area contributed by atoms with Gasteiger partial charge < -0.3 is 5.73 Å². The number of nitrogens with two attached hydrogens (primary N) is 1. The second-order valence-electron chi connectivity index (χ2n) is 4.26. The van der Waals surface area contributed by atoms with Gasteiger partial charge in [-0.15, -0.1) is 0 Å². The van der Waals surface area contributed by atoms with Crippen LogP contribution in [0.1, 0.15) is 32.1 Å². The predicted octanol–water partition coefficient (Wildman–Crippen LogP) is 1.96. The van der Waals surface area contributed by atoms with Crippen molar-refractivity contribution in [3.63, 3.8) is 0 Å². The van der Waals surface area contributed by atoms with Crippen molar-refractivity contribution < 1.29 is 4.79 Å². The molecule has 0 spiro atoms. The molecule has 76 valence electrons. The molecule has 2 atom stereocenters. The summed E-state index contributed by atoms with van der Waals surface area (Å²) in [6.07, 6.45) is 11.1. The maximum atomic E-state index is 11.0. The third-order valence-electron chi connectivity index (χ3n) is 3.25. The van der Waals surface area contributed by atoms with Crippen LogP contribution in [-0.2, 0) is 4.79 Å². The number of ketones is 1. The highest BCUT2D eigenvalue weighted by Crippen LogP contribution is 2.30.